The molecule has 0 aromatic carbocycles. The minimum absolute atomic E-state index is 0.333. The van der Waals surface area contributed by atoms with Gasteiger partial charge < -0.3 is 15.0 Å². The summed E-state index contributed by atoms with van der Waals surface area (Å²) < 4.78 is 6.83. The molecule has 0 radical (unpaired) electrons. The highest BCUT2D eigenvalue weighted by molar-refractivity contribution is 9.10. The lowest BCUT2D eigenvalue weighted by atomic mass is 10.1. The lowest BCUT2D eigenvalue weighted by molar-refractivity contribution is 0.0525. The van der Waals surface area contributed by atoms with Crippen molar-refractivity contribution in [1.29, 1.82) is 0 Å². The number of pyridine rings is 1. The van der Waals surface area contributed by atoms with Crippen LogP contribution in [0.4, 0.5) is 5.82 Å². The number of anilines is 1. The maximum Gasteiger partial charge on any atom is 0.133 e. The second-order valence-corrected chi connectivity index (χ2v) is 6.75. The molecular weight excluding hydrogens is 330 g/mol. The number of rotatable bonds is 6. The van der Waals surface area contributed by atoms with Gasteiger partial charge in [-0.2, -0.15) is 0 Å². The van der Waals surface area contributed by atoms with Crippen LogP contribution in [-0.4, -0.2) is 36.8 Å². The number of piperidine rings is 1. The molecule has 1 aliphatic rings. The third kappa shape index (κ3) is 4.94. The number of ether oxygens (including phenoxy) is 1. The molecule has 2 rings (SSSR count). The average molecular weight is 356 g/mol. The van der Waals surface area contributed by atoms with Crippen molar-refractivity contribution in [1.82, 2.24) is 10.3 Å². The number of nitrogens with zero attached hydrogens (tertiary/aromatic N) is 2. The van der Waals surface area contributed by atoms with Gasteiger partial charge >= 0.3 is 0 Å². The number of halogens is 1. The predicted octanol–water partition coefficient (Wildman–Crippen LogP) is 3.35. The largest absolute Gasteiger partial charge is 0.377 e. The Morgan fingerprint density at radius 3 is 3.05 bits per heavy atom. The van der Waals surface area contributed by atoms with Crippen molar-refractivity contribution in [2.24, 2.45) is 0 Å². The number of hydrogen-bond donors (Lipinski definition) is 1. The van der Waals surface area contributed by atoms with E-state index in [4.69, 9.17) is 4.74 Å². The normalized spacial score (nSPS) is 19.3. The summed E-state index contributed by atoms with van der Waals surface area (Å²) in [5, 5.41) is 3.49. The van der Waals surface area contributed by atoms with Crippen molar-refractivity contribution in [3.63, 3.8) is 0 Å². The Morgan fingerprint density at radius 1 is 1.52 bits per heavy atom. The molecule has 0 amide bonds. The first kappa shape index (κ1) is 16.7. The molecule has 1 unspecified atom stereocenters. The monoisotopic (exact) mass is 355 g/mol. The molecule has 1 saturated heterocycles. The Balaban J connectivity index is 2.13. The van der Waals surface area contributed by atoms with Gasteiger partial charge in [-0.1, -0.05) is 13.8 Å². The van der Waals surface area contributed by atoms with E-state index in [-0.39, 0.29) is 0 Å². The molecule has 1 aromatic heterocycles. The summed E-state index contributed by atoms with van der Waals surface area (Å²) in [6.45, 7) is 10.0. The second-order valence-electron chi connectivity index (χ2n) is 5.84. The fourth-order valence-electron chi connectivity index (χ4n) is 2.71. The van der Waals surface area contributed by atoms with Gasteiger partial charge in [-0.05, 0) is 41.8 Å². The standard InChI is InChI=1S/C16H26BrN3O/c1-4-21-15-6-5-7-20(11-15)16-13(9-18-12(2)3)8-14(17)10-19-16/h8,10,12,15,18H,4-7,9,11H2,1-3H3. The third-order valence-electron chi connectivity index (χ3n) is 3.69. The molecule has 21 heavy (non-hydrogen) atoms. The fourth-order valence-corrected chi connectivity index (χ4v) is 3.08. The molecule has 0 bridgehead atoms. The topological polar surface area (TPSA) is 37.4 Å². The number of nitrogens with one attached hydrogen (secondary N) is 1. The van der Waals surface area contributed by atoms with Crippen LogP contribution in [0.3, 0.4) is 0 Å². The summed E-state index contributed by atoms with van der Waals surface area (Å²) in [4.78, 5) is 7.03. The lowest BCUT2D eigenvalue weighted by Gasteiger charge is -2.34. The summed E-state index contributed by atoms with van der Waals surface area (Å²) in [5.41, 5.74) is 1.25. The van der Waals surface area contributed by atoms with Gasteiger partial charge in [-0.25, -0.2) is 4.98 Å². The van der Waals surface area contributed by atoms with E-state index >= 15 is 0 Å². The smallest absolute Gasteiger partial charge is 0.133 e. The summed E-state index contributed by atoms with van der Waals surface area (Å²) in [7, 11) is 0. The van der Waals surface area contributed by atoms with Crippen LogP contribution in [0.25, 0.3) is 0 Å². The SMILES string of the molecule is CCOC1CCCN(c2ncc(Br)cc2CNC(C)C)C1. The summed E-state index contributed by atoms with van der Waals surface area (Å²) >= 11 is 3.53. The first-order valence-electron chi connectivity index (χ1n) is 7.84. The summed E-state index contributed by atoms with van der Waals surface area (Å²) in [6.07, 6.45) is 4.54. The van der Waals surface area contributed by atoms with Gasteiger partial charge in [0.1, 0.15) is 5.82 Å². The molecule has 1 atom stereocenters. The van der Waals surface area contributed by atoms with Crippen molar-refractivity contribution in [3.8, 4) is 0 Å². The van der Waals surface area contributed by atoms with Gasteiger partial charge in [0.25, 0.3) is 0 Å². The average Bonchev–Trinajstić information content (AvgIpc) is 2.46. The maximum absolute atomic E-state index is 5.80. The minimum atomic E-state index is 0.333. The van der Waals surface area contributed by atoms with Gasteiger partial charge in [0.15, 0.2) is 0 Å². The molecule has 1 aliphatic heterocycles. The van der Waals surface area contributed by atoms with E-state index in [0.717, 1.165) is 43.0 Å². The molecule has 5 heteroatoms. The molecule has 0 spiro atoms. The van der Waals surface area contributed by atoms with E-state index in [1.807, 2.05) is 6.20 Å². The Kier molecular flexibility index (Phi) is 6.45. The predicted molar refractivity (Wildman–Crippen MR) is 90.8 cm³/mol. The Morgan fingerprint density at radius 2 is 2.33 bits per heavy atom. The van der Waals surface area contributed by atoms with E-state index < -0.39 is 0 Å². The van der Waals surface area contributed by atoms with Crippen LogP contribution in [0.5, 0.6) is 0 Å². The van der Waals surface area contributed by atoms with Gasteiger partial charge in [0.05, 0.1) is 6.10 Å². The number of aromatic nitrogens is 1. The third-order valence-corrected chi connectivity index (χ3v) is 4.12. The van der Waals surface area contributed by atoms with Crippen LogP contribution in [-0.2, 0) is 11.3 Å². The molecule has 118 valence electrons. The highest BCUT2D eigenvalue weighted by Gasteiger charge is 2.23. The lowest BCUT2D eigenvalue weighted by Crippen LogP contribution is -2.41. The molecule has 1 fully saturated rings. The van der Waals surface area contributed by atoms with Gasteiger partial charge in [0.2, 0.25) is 0 Å². The van der Waals surface area contributed by atoms with Crippen LogP contribution < -0.4 is 10.2 Å². The Hall–Kier alpha value is -0.650. The Bertz CT molecular complexity index is 451. The van der Waals surface area contributed by atoms with Gasteiger partial charge in [-0.3, -0.25) is 0 Å². The quantitative estimate of drug-likeness (QED) is 0.848. The number of hydrogen-bond acceptors (Lipinski definition) is 4. The van der Waals surface area contributed by atoms with Crippen molar-refractivity contribution in [2.75, 3.05) is 24.6 Å². The fraction of sp³-hybridized carbons (Fsp3) is 0.688. The summed E-state index contributed by atoms with van der Waals surface area (Å²) in [5.74, 6) is 1.09. The molecule has 2 heterocycles. The molecule has 4 nitrogen and oxygen atoms in total. The van der Waals surface area contributed by atoms with E-state index in [2.05, 4.69) is 58.0 Å². The maximum atomic E-state index is 5.80. The first-order chi connectivity index (χ1) is 10.1. The zero-order valence-electron chi connectivity index (χ0n) is 13.2. The minimum Gasteiger partial charge on any atom is -0.377 e. The van der Waals surface area contributed by atoms with Crippen molar-refractivity contribution in [3.05, 3.63) is 22.3 Å². The molecule has 0 saturated carbocycles. The van der Waals surface area contributed by atoms with Crippen LogP contribution >= 0.6 is 15.9 Å². The molecule has 0 aliphatic carbocycles. The molecule has 1 N–H and O–H groups in total. The van der Waals surface area contributed by atoms with E-state index in [9.17, 15) is 0 Å². The van der Waals surface area contributed by atoms with Gasteiger partial charge in [-0.15, -0.1) is 0 Å². The van der Waals surface area contributed by atoms with Crippen LogP contribution in [0.1, 0.15) is 39.2 Å². The highest BCUT2D eigenvalue weighted by atomic mass is 79.9. The van der Waals surface area contributed by atoms with Crippen molar-refractivity contribution in [2.45, 2.75) is 52.3 Å². The van der Waals surface area contributed by atoms with E-state index in [0.29, 0.717) is 12.1 Å². The summed E-state index contributed by atoms with van der Waals surface area (Å²) in [6, 6.07) is 2.64. The molecule has 1 aromatic rings. The van der Waals surface area contributed by atoms with E-state index in [1.165, 1.54) is 12.0 Å². The van der Waals surface area contributed by atoms with Crippen molar-refractivity contribution >= 4 is 21.7 Å². The van der Waals surface area contributed by atoms with Crippen LogP contribution in [0.15, 0.2) is 16.7 Å². The van der Waals surface area contributed by atoms with Gasteiger partial charge in [0, 0.05) is 48.5 Å². The highest BCUT2D eigenvalue weighted by Crippen LogP contribution is 2.25. The zero-order chi connectivity index (χ0) is 15.2. The Labute approximate surface area is 136 Å². The zero-order valence-corrected chi connectivity index (χ0v) is 14.8. The first-order valence-corrected chi connectivity index (χ1v) is 8.63. The van der Waals surface area contributed by atoms with Crippen LogP contribution in [0, 0.1) is 0 Å². The van der Waals surface area contributed by atoms with Crippen LogP contribution in [0.2, 0.25) is 0 Å². The molecular formula is C16H26BrN3O. The van der Waals surface area contributed by atoms with Crippen molar-refractivity contribution < 1.29 is 4.74 Å². The second kappa shape index (κ2) is 8.11. The van der Waals surface area contributed by atoms with E-state index in [1.54, 1.807) is 0 Å².